The van der Waals surface area contributed by atoms with Crippen molar-refractivity contribution in [2.45, 2.75) is 5.51 Å². The average Bonchev–Trinajstić information content (AvgIpc) is 2.04. The van der Waals surface area contributed by atoms with Crippen LogP contribution in [0.25, 0.3) is 0 Å². The standard InChI is InChI=1S/C5H8F5NOS/c6-5(7,8)13(9,10)11-1-3-12-4-2-11/h1-4H2. The Bertz CT molecular complexity index is 178. The summed E-state index contributed by atoms with van der Waals surface area (Å²) in [7, 11) is -5.65. The van der Waals surface area contributed by atoms with Crippen LogP contribution >= 0.6 is 11.0 Å². The summed E-state index contributed by atoms with van der Waals surface area (Å²) in [6, 6.07) is 0. The summed E-state index contributed by atoms with van der Waals surface area (Å²) in [6.45, 7) is -0.860. The van der Waals surface area contributed by atoms with Crippen LogP contribution < -0.4 is 0 Å². The molecule has 1 saturated heterocycles. The van der Waals surface area contributed by atoms with Crippen molar-refractivity contribution in [3.63, 3.8) is 0 Å². The number of morpholine rings is 1. The lowest BCUT2D eigenvalue weighted by molar-refractivity contribution is -0.0554. The third-order valence-electron chi connectivity index (χ3n) is 1.57. The van der Waals surface area contributed by atoms with Crippen LogP contribution in [0.15, 0.2) is 0 Å². The van der Waals surface area contributed by atoms with E-state index >= 15 is 0 Å². The van der Waals surface area contributed by atoms with Crippen LogP contribution in [0, 0.1) is 0 Å². The molecule has 80 valence electrons. The maximum atomic E-state index is 12.6. The van der Waals surface area contributed by atoms with Gasteiger partial charge in [0, 0.05) is 13.1 Å². The fourth-order valence-electron chi connectivity index (χ4n) is 0.922. The molecule has 0 aromatic carbocycles. The first-order valence-electron chi connectivity index (χ1n) is 3.47. The zero-order chi connectivity index (χ0) is 10.1. The molecule has 1 aliphatic heterocycles. The van der Waals surface area contributed by atoms with E-state index in [-0.39, 0.29) is 30.6 Å². The molecule has 0 saturated carbocycles. The number of nitrogens with zero attached hydrogens (tertiary/aromatic N) is 1. The molecule has 0 atom stereocenters. The van der Waals surface area contributed by atoms with Crippen LogP contribution in [-0.2, 0) is 4.74 Å². The molecule has 1 fully saturated rings. The van der Waals surface area contributed by atoms with E-state index in [0.717, 1.165) is 0 Å². The summed E-state index contributed by atoms with van der Waals surface area (Å²) in [5, 5.41) is 0. The molecule has 0 radical (unpaired) electrons. The molecule has 0 N–H and O–H groups in total. The molecule has 13 heavy (non-hydrogen) atoms. The summed E-state index contributed by atoms with van der Waals surface area (Å²) in [6.07, 6.45) is 0. The van der Waals surface area contributed by atoms with Gasteiger partial charge in [0.15, 0.2) is 0 Å². The van der Waals surface area contributed by atoms with Crippen LogP contribution in [-0.4, -0.2) is 36.1 Å². The maximum absolute atomic E-state index is 12.6. The number of ether oxygens (including phenoxy) is 1. The highest BCUT2D eigenvalue weighted by Crippen LogP contribution is 2.67. The number of hydrogen-bond donors (Lipinski definition) is 0. The van der Waals surface area contributed by atoms with E-state index in [1.807, 2.05) is 0 Å². The van der Waals surface area contributed by atoms with Crippen molar-refractivity contribution in [1.29, 1.82) is 0 Å². The van der Waals surface area contributed by atoms with Gasteiger partial charge in [-0.1, -0.05) is 0 Å². The van der Waals surface area contributed by atoms with E-state index in [1.165, 1.54) is 0 Å². The molecule has 2 nitrogen and oxygen atoms in total. The average molecular weight is 225 g/mol. The van der Waals surface area contributed by atoms with E-state index in [2.05, 4.69) is 4.74 Å². The first kappa shape index (κ1) is 11.0. The lowest BCUT2D eigenvalue weighted by atomic mass is 10.5. The zero-order valence-corrected chi connectivity index (χ0v) is 7.30. The maximum Gasteiger partial charge on any atom is 0.492 e. The highest BCUT2D eigenvalue weighted by Gasteiger charge is 2.57. The number of hydrogen-bond acceptors (Lipinski definition) is 2. The van der Waals surface area contributed by atoms with Gasteiger partial charge < -0.3 is 4.74 Å². The molecule has 0 unspecified atom stereocenters. The minimum absolute atomic E-state index is 0.0708. The highest BCUT2D eigenvalue weighted by atomic mass is 32.3. The van der Waals surface area contributed by atoms with E-state index in [1.54, 1.807) is 0 Å². The van der Waals surface area contributed by atoms with Crippen LogP contribution in [0.4, 0.5) is 20.9 Å². The minimum Gasteiger partial charge on any atom is -0.379 e. The molecular formula is C5H8F5NOS. The van der Waals surface area contributed by atoms with Gasteiger partial charge in [-0.2, -0.15) is 13.2 Å². The third-order valence-corrected chi connectivity index (χ3v) is 3.14. The summed E-state index contributed by atoms with van der Waals surface area (Å²) in [5.41, 5.74) is -5.43. The van der Waals surface area contributed by atoms with Crippen molar-refractivity contribution < 1.29 is 25.7 Å². The van der Waals surface area contributed by atoms with Crippen molar-refractivity contribution in [3.8, 4) is 0 Å². The minimum atomic E-state index is -5.65. The highest BCUT2D eigenvalue weighted by molar-refractivity contribution is 8.24. The van der Waals surface area contributed by atoms with Crippen LogP contribution in [0.3, 0.4) is 0 Å². The largest absolute Gasteiger partial charge is 0.492 e. The molecule has 0 amide bonds. The van der Waals surface area contributed by atoms with E-state index < -0.39 is 16.5 Å². The van der Waals surface area contributed by atoms with Crippen molar-refractivity contribution in [2.24, 2.45) is 0 Å². The third kappa shape index (κ3) is 2.23. The first-order chi connectivity index (χ1) is 5.86. The molecule has 0 aliphatic carbocycles. The topological polar surface area (TPSA) is 12.5 Å². The molecule has 8 heteroatoms. The Hall–Kier alpha value is -0.0800. The fraction of sp³-hybridized carbons (Fsp3) is 1.00. The predicted octanol–water partition coefficient (Wildman–Crippen LogP) is 2.33. The first-order valence-corrected chi connectivity index (χ1v) is 4.86. The second-order valence-corrected chi connectivity index (χ2v) is 4.29. The second-order valence-electron chi connectivity index (χ2n) is 2.43. The van der Waals surface area contributed by atoms with Crippen molar-refractivity contribution >= 4 is 11.0 Å². The lowest BCUT2D eigenvalue weighted by Crippen LogP contribution is -2.39. The Morgan fingerprint density at radius 1 is 1.08 bits per heavy atom. The zero-order valence-electron chi connectivity index (χ0n) is 6.48. The molecule has 0 aromatic heterocycles. The molecule has 1 heterocycles. The van der Waals surface area contributed by atoms with Gasteiger partial charge in [-0.3, -0.25) is 0 Å². The van der Waals surface area contributed by atoms with Gasteiger partial charge in [-0.15, -0.1) is 7.77 Å². The smallest absolute Gasteiger partial charge is 0.379 e. The normalized spacial score (nSPS) is 23.2. The summed E-state index contributed by atoms with van der Waals surface area (Å²) < 4.78 is 65.6. The van der Waals surface area contributed by atoms with Gasteiger partial charge in [-0.25, -0.2) is 4.31 Å². The van der Waals surface area contributed by atoms with Gasteiger partial charge in [0.1, 0.15) is 0 Å². The monoisotopic (exact) mass is 225 g/mol. The SMILES string of the molecule is FC(F)(F)S(F)(F)N1CCOCC1. The Balaban J connectivity index is 2.67. The number of halogens is 5. The fourth-order valence-corrected chi connectivity index (χ4v) is 1.82. The van der Waals surface area contributed by atoms with Gasteiger partial charge >= 0.3 is 5.51 Å². The molecular weight excluding hydrogens is 217 g/mol. The molecule has 0 bridgehead atoms. The Kier molecular flexibility index (Phi) is 3.03. The van der Waals surface area contributed by atoms with Crippen molar-refractivity contribution in [2.75, 3.05) is 26.3 Å². The Morgan fingerprint density at radius 3 is 1.92 bits per heavy atom. The Morgan fingerprint density at radius 2 is 1.54 bits per heavy atom. The van der Waals surface area contributed by atoms with E-state index in [0.29, 0.717) is 0 Å². The van der Waals surface area contributed by atoms with Gasteiger partial charge in [0.25, 0.3) is 0 Å². The van der Waals surface area contributed by atoms with E-state index in [9.17, 15) is 20.9 Å². The molecule has 0 aromatic rings. The van der Waals surface area contributed by atoms with Crippen molar-refractivity contribution in [3.05, 3.63) is 0 Å². The predicted molar refractivity (Wildman–Crippen MR) is 38.3 cm³/mol. The van der Waals surface area contributed by atoms with Crippen molar-refractivity contribution in [1.82, 2.24) is 4.31 Å². The molecule has 1 rings (SSSR count). The van der Waals surface area contributed by atoms with Crippen LogP contribution in [0.5, 0.6) is 0 Å². The lowest BCUT2D eigenvalue weighted by Gasteiger charge is -2.36. The van der Waals surface area contributed by atoms with Crippen LogP contribution in [0.2, 0.25) is 0 Å². The summed E-state index contributed by atoms with van der Waals surface area (Å²) >= 11 is 0. The second kappa shape index (κ2) is 3.58. The van der Waals surface area contributed by atoms with Crippen LogP contribution in [0.1, 0.15) is 0 Å². The van der Waals surface area contributed by atoms with Gasteiger partial charge in [0.2, 0.25) is 11.0 Å². The molecule has 0 spiro atoms. The van der Waals surface area contributed by atoms with Gasteiger partial charge in [0.05, 0.1) is 13.2 Å². The van der Waals surface area contributed by atoms with Gasteiger partial charge in [-0.05, 0) is 0 Å². The molecule has 1 aliphatic rings. The number of rotatable bonds is 1. The Labute approximate surface area is 73.7 Å². The summed E-state index contributed by atoms with van der Waals surface area (Å²) in [5.74, 6) is 0. The summed E-state index contributed by atoms with van der Waals surface area (Å²) in [4.78, 5) is 0. The number of alkyl halides is 3. The quantitative estimate of drug-likeness (QED) is 0.635. The van der Waals surface area contributed by atoms with E-state index in [4.69, 9.17) is 0 Å².